The zero-order valence-corrected chi connectivity index (χ0v) is 19.5. The van der Waals surface area contributed by atoms with Crippen LogP contribution in [-0.2, 0) is 4.74 Å². The molecule has 4 aromatic rings. The molecule has 5 rings (SSSR count). The Bertz CT molecular complexity index is 1380. The highest BCUT2D eigenvalue weighted by Gasteiger charge is 2.14. The van der Waals surface area contributed by atoms with Crippen molar-refractivity contribution in [1.29, 1.82) is 0 Å². The fourth-order valence-electron chi connectivity index (χ4n) is 3.75. The van der Waals surface area contributed by atoms with Crippen molar-refractivity contribution in [2.24, 2.45) is 0 Å². The summed E-state index contributed by atoms with van der Waals surface area (Å²) in [5.41, 5.74) is 2.21. The molecule has 1 aliphatic heterocycles. The topological polar surface area (TPSA) is 97.8 Å². The molecule has 2 heterocycles. The van der Waals surface area contributed by atoms with E-state index in [1.807, 2.05) is 0 Å². The fourth-order valence-corrected chi connectivity index (χ4v) is 3.75. The van der Waals surface area contributed by atoms with Crippen LogP contribution in [0.4, 0.5) is 26.4 Å². The van der Waals surface area contributed by atoms with Crippen molar-refractivity contribution >= 4 is 34.3 Å². The van der Waals surface area contributed by atoms with Crippen molar-refractivity contribution in [3.05, 3.63) is 72.7 Å². The van der Waals surface area contributed by atoms with E-state index in [1.165, 1.54) is 12.1 Å². The van der Waals surface area contributed by atoms with Gasteiger partial charge in [0.1, 0.15) is 17.3 Å². The SMILES string of the molecule is COc1ccc(NC(=O)Nc2ccc(Oc3ccc4ncc(N5CCOCC5)nc4c3)c(F)c2)cc1. The minimum absolute atomic E-state index is 0.0211. The monoisotopic (exact) mass is 489 g/mol. The summed E-state index contributed by atoms with van der Waals surface area (Å²) in [5.74, 6) is 1.26. The van der Waals surface area contributed by atoms with Gasteiger partial charge in [-0.15, -0.1) is 0 Å². The van der Waals surface area contributed by atoms with Crippen LogP contribution in [-0.4, -0.2) is 49.4 Å². The molecule has 0 bridgehead atoms. The summed E-state index contributed by atoms with van der Waals surface area (Å²) < 4.78 is 31.0. The lowest BCUT2D eigenvalue weighted by Crippen LogP contribution is -2.36. The van der Waals surface area contributed by atoms with Gasteiger partial charge in [-0.25, -0.2) is 14.2 Å². The number of urea groups is 1. The first-order valence-corrected chi connectivity index (χ1v) is 11.4. The molecule has 0 atom stereocenters. The third-order valence-corrected chi connectivity index (χ3v) is 5.60. The van der Waals surface area contributed by atoms with Crippen LogP contribution in [0.3, 0.4) is 0 Å². The standard InChI is InChI=1S/C26H24FN5O4/c1-34-19-5-2-17(3-6-19)29-26(33)30-18-4-9-24(21(27)14-18)36-20-7-8-22-23(15-20)31-25(16-28-22)32-10-12-35-13-11-32/h2-9,14-16H,10-13H2,1H3,(H2,29,30,33). The number of fused-ring (bicyclic) bond motifs is 1. The molecule has 0 saturated carbocycles. The number of carbonyl (C=O) groups excluding carboxylic acids is 1. The molecule has 2 N–H and O–H groups in total. The first kappa shape index (κ1) is 23.3. The van der Waals surface area contributed by atoms with Crippen molar-refractivity contribution in [2.45, 2.75) is 0 Å². The van der Waals surface area contributed by atoms with E-state index in [4.69, 9.17) is 14.2 Å². The highest BCUT2D eigenvalue weighted by molar-refractivity contribution is 5.99. The Morgan fingerprint density at radius 3 is 2.42 bits per heavy atom. The number of amides is 2. The van der Waals surface area contributed by atoms with Crippen molar-refractivity contribution in [2.75, 3.05) is 48.9 Å². The van der Waals surface area contributed by atoms with Gasteiger partial charge in [0, 0.05) is 36.6 Å². The Kier molecular flexibility index (Phi) is 6.76. The number of carbonyl (C=O) groups is 1. The summed E-state index contributed by atoms with van der Waals surface area (Å²) >= 11 is 0. The second-order valence-corrected chi connectivity index (χ2v) is 8.03. The number of morpholine rings is 1. The molecule has 0 radical (unpaired) electrons. The van der Waals surface area contributed by atoms with Crippen LogP contribution in [0.15, 0.2) is 66.9 Å². The Morgan fingerprint density at radius 2 is 1.67 bits per heavy atom. The largest absolute Gasteiger partial charge is 0.497 e. The van der Waals surface area contributed by atoms with Crippen LogP contribution in [0.1, 0.15) is 0 Å². The predicted octanol–water partition coefficient (Wildman–Crippen LogP) is 5.05. The van der Waals surface area contributed by atoms with Gasteiger partial charge in [0.25, 0.3) is 0 Å². The number of hydrogen-bond acceptors (Lipinski definition) is 7. The quantitative estimate of drug-likeness (QED) is 0.391. The highest BCUT2D eigenvalue weighted by atomic mass is 19.1. The average molecular weight is 490 g/mol. The van der Waals surface area contributed by atoms with Crippen LogP contribution >= 0.6 is 0 Å². The predicted molar refractivity (Wildman–Crippen MR) is 135 cm³/mol. The number of halogens is 1. The number of rotatable bonds is 6. The summed E-state index contributed by atoms with van der Waals surface area (Å²) in [7, 11) is 1.56. The number of nitrogens with one attached hydrogen (secondary N) is 2. The molecule has 184 valence electrons. The molecule has 1 aromatic heterocycles. The number of ether oxygens (including phenoxy) is 3. The number of hydrogen-bond donors (Lipinski definition) is 2. The van der Waals surface area contributed by atoms with Crippen molar-refractivity contribution in [3.63, 3.8) is 0 Å². The van der Waals surface area contributed by atoms with Gasteiger partial charge in [-0.1, -0.05) is 0 Å². The van der Waals surface area contributed by atoms with E-state index in [0.717, 1.165) is 18.9 Å². The summed E-state index contributed by atoms with van der Waals surface area (Å²) in [4.78, 5) is 23.5. The van der Waals surface area contributed by atoms with E-state index in [2.05, 4.69) is 25.5 Å². The van der Waals surface area contributed by atoms with Gasteiger partial charge >= 0.3 is 6.03 Å². The van der Waals surface area contributed by atoms with E-state index in [9.17, 15) is 9.18 Å². The molecule has 10 heteroatoms. The lowest BCUT2D eigenvalue weighted by atomic mass is 10.2. The Morgan fingerprint density at radius 1 is 0.944 bits per heavy atom. The summed E-state index contributed by atoms with van der Waals surface area (Å²) in [6.45, 7) is 2.80. The second kappa shape index (κ2) is 10.4. The van der Waals surface area contributed by atoms with Crippen molar-refractivity contribution < 1.29 is 23.4 Å². The van der Waals surface area contributed by atoms with Crippen molar-refractivity contribution in [3.8, 4) is 17.2 Å². The van der Waals surface area contributed by atoms with E-state index >= 15 is 0 Å². The van der Waals surface area contributed by atoms with E-state index in [-0.39, 0.29) is 11.4 Å². The van der Waals surface area contributed by atoms with Gasteiger partial charge in [0.15, 0.2) is 11.6 Å². The number of benzene rings is 3. The van der Waals surface area contributed by atoms with Crippen LogP contribution in [0.5, 0.6) is 17.2 Å². The number of aromatic nitrogens is 2. The molecular formula is C26H24FN5O4. The molecular weight excluding hydrogens is 465 g/mol. The van der Waals surface area contributed by atoms with Crippen LogP contribution in [0, 0.1) is 5.82 Å². The van der Waals surface area contributed by atoms with Crippen LogP contribution < -0.4 is 25.0 Å². The molecule has 0 spiro atoms. The molecule has 36 heavy (non-hydrogen) atoms. The second-order valence-electron chi connectivity index (χ2n) is 8.03. The maximum absolute atomic E-state index is 14.8. The zero-order valence-electron chi connectivity index (χ0n) is 19.5. The Balaban J connectivity index is 1.25. The third-order valence-electron chi connectivity index (χ3n) is 5.60. The smallest absolute Gasteiger partial charge is 0.323 e. The first-order valence-electron chi connectivity index (χ1n) is 11.4. The van der Waals surface area contributed by atoms with Gasteiger partial charge in [0.05, 0.1) is 37.6 Å². The first-order chi connectivity index (χ1) is 17.6. The minimum Gasteiger partial charge on any atom is -0.497 e. The number of anilines is 3. The van der Waals surface area contributed by atoms with E-state index in [0.29, 0.717) is 41.4 Å². The van der Waals surface area contributed by atoms with Gasteiger partial charge in [-0.3, -0.25) is 4.98 Å². The number of methoxy groups -OCH3 is 1. The third kappa shape index (κ3) is 5.44. The molecule has 0 aliphatic carbocycles. The van der Waals surface area contributed by atoms with E-state index in [1.54, 1.807) is 61.8 Å². The highest BCUT2D eigenvalue weighted by Crippen LogP contribution is 2.29. The normalized spacial score (nSPS) is 13.3. The van der Waals surface area contributed by atoms with E-state index < -0.39 is 11.8 Å². The van der Waals surface area contributed by atoms with Crippen LogP contribution in [0.2, 0.25) is 0 Å². The molecule has 1 fully saturated rings. The van der Waals surface area contributed by atoms with Gasteiger partial charge in [-0.2, -0.15) is 0 Å². The molecule has 3 aromatic carbocycles. The average Bonchev–Trinajstić information content (AvgIpc) is 2.91. The summed E-state index contributed by atoms with van der Waals surface area (Å²) in [6.07, 6.45) is 1.74. The molecule has 1 aliphatic rings. The van der Waals surface area contributed by atoms with Gasteiger partial charge in [-0.05, 0) is 48.5 Å². The van der Waals surface area contributed by atoms with Crippen LogP contribution in [0.25, 0.3) is 11.0 Å². The Hall–Kier alpha value is -4.44. The maximum Gasteiger partial charge on any atom is 0.323 e. The maximum atomic E-state index is 14.8. The molecule has 9 nitrogen and oxygen atoms in total. The van der Waals surface area contributed by atoms with Crippen molar-refractivity contribution in [1.82, 2.24) is 9.97 Å². The summed E-state index contributed by atoms with van der Waals surface area (Å²) in [6, 6.07) is 15.8. The summed E-state index contributed by atoms with van der Waals surface area (Å²) in [5, 5.41) is 5.28. The lowest BCUT2D eigenvalue weighted by Gasteiger charge is -2.27. The fraction of sp³-hybridized carbons (Fsp3) is 0.192. The molecule has 1 saturated heterocycles. The minimum atomic E-state index is -0.620. The van der Waals surface area contributed by atoms with Gasteiger partial charge in [0.2, 0.25) is 0 Å². The zero-order chi connectivity index (χ0) is 24.9. The molecule has 2 amide bonds. The Labute approximate surface area is 206 Å². The lowest BCUT2D eigenvalue weighted by molar-refractivity contribution is 0.122. The molecule has 0 unspecified atom stereocenters. The number of nitrogens with zero attached hydrogens (tertiary/aromatic N) is 3. The van der Waals surface area contributed by atoms with Gasteiger partial charge < -0.3 is 29.7 Å².